The number of aromatic amines is 1. The van der Waals surface area contributed by atoms with Gasteiger partial charge in [-0.05, 0) is 34.1 Å². The van der Waals surface area contributed by atoms with Gasteiger partial charge in [0.25, 0.3) is 5.56 Å². The second-order valence-electron chi connectivity index (χ2n) is 3.95. The molecule has 1 aromatic heterocycles. The molecule has 4 nitrogen and oxygen atoms in total. The van der Waals surface area contributed by atoms with Crippen LogP contribution in [0.2, 0.25) is 0 Å². The fourth-order valence-corrected chi connectivity index (χ4v) is 2.68. The number of hydrogen-bond donors (Lipinski definition) is 1. The van der Waals surface area contributed by atoms with E-state index in [0.717, 1.165) is 4.90 Å². The van der Waals surface area contributed by atoms with Crippen LogP contribution >= 0.6 is 27.7 Å². The maximum Gasteiger partial charge on any atom is 0.265 e. The zero-order valence-electron chi connectivity index (χ0n) is 10.7. The second kappa shape index (κ2) is 7.01. The summed E-state index contributed by atoms with van der Waals surface area (Å²) < 4.78 is 18.4. The molecule has 0 aliphatic carbocycles. The van der Waals surface area contributed by atoms with Crippen LogP contribution in [-0.4, -0.2) is 17.1 Å². The van der Waals surface area contributed by atoms with Crippen molar-refractivity contribution in [2.75, 3.05) is 7.11 Å². The number of nitrogens with one attached hydrogen (secondary N) is 1. The molecule has 0 aliphatic rings. The van der Waals surface area contributed by atoms with Gasteiger partial charge in [0.1, 0.15) is 16.1 Å². The molecule has 0 saturated carbocycles. The lowest BCUT2D eigenvalue weighted by molar-refractivity contribution is 0.180. The fourth-order valence-electron chi connectivity index (χ4n) is 1.57. The van der Waals surface area contributed by atoms with Crippen LogP contribution in [-0.2, 0) is 17.1 Å². The molecular formula is C13H12BrFN2O2S. The lowest BCUT2D eigenvalue weighted by atomic mass is 10.4. The van der Waals surface area contributed by atoms with E-state index in [9.17, 15) is 9.18 Å². The Morgan fingerprint density at radius 2 is 2.30 bits per heavy atom. The molecular weight excluding hydrogens is 347 g/mol. The van der Waals surface area contributed by atoms with Crippen molar-refractivity contribution in [3.05, 3.63) is 56.4 Å². The third kappa shape index (κ3) is 3.91. The molecule has 0 saturated heterocycles. The molecule has 0 aliphatic heterocycles. The van der Waals surface area contributed by atoms with Gasteiger partial charge >= 0.3 is 0 Å². The number of H-pyrrole nitrogens is 1. The number of halogens is 2. The number of hydrogen-bond acceptors (Lipinski definition) is 4. The van der Waals surface area contributed by atoms with Gasteiger partial charge in [0.15, 0.2) is 0 Å². The van der Waals surface area contributed by atoms with Crippen molar-refractivity contribution in [3.63, 3.8) is 0 Å². The lowest BCUT2D eigenvalue weighted by Gasteiger charge is -2.06. The first-order valence-electron chi connectivity index (χ1n) is 5.75. The normalized spacial score (nSPS) is 10.8. The predicted molar refractivity (Wildman–Crippen MR) is 79.2 cm³/mol. The third-order valence-corrected chi connectivity index (χ3v) is 4.26. The second-order valence-corrected chi connectivity index (χ2v) is 5.79. The van der Waals surface area contributed by atoms with Gasteiger partial charge in [-0.15, -0.1) is 11.8 Å². The summed E-state index contributed by atoms with van der Waals surface area (Å²) in [7, 11) is 1.54. The molecule has 7 heteroatoms. The van der Waals surface area contributed by atoms with Crippen molar-refractivity contribution in [1.29, 1.82) is 0 Å². The van der Waals surface area contributed by atoms with Crippen LogP contribution < -0.4 is 5.56 Å². The molecule has 2 rings (SSSR count). The van der Waals surface area contributed by atoms with Crippen molar-refractivity contribution in [1.82, 2.24) is 9.97 Å². The van der Waals surface area contributed by atoms with Gasteiger partial charge in [-0.1, -0.05) is 6.07 Å². The van der Waals surface area contributed by atoms with Gasteiger partial charge in [-0.3, -0.25) is 4.79 Å². The number of benzene rings is 1. The smallest absolute Gasteiger partial charge is 0.265 e. The number of nitrogens with zero attached hydrogens (tertiary/aromatic N) is 1. The minimum atomic E-state index is -0.285. The van der Waals surface area contributed by atoms with Crippen molar-refractivity contribution in [2.24, 2.45) is 0 Å². The summed E-state index contributed by atoms with van der Waals surface area (Å²) in [6.07, 6.45) is 0. The molecule has 106 valence electrons. The maximum absolute atomic E-state index is 13.1. The standard InChI is InChI=1S/C13H12BrFN2O2S/c1-19-6-10-12(14)13(18)17-11(16-10)7-20-9-4-2-3-8(15)5-9/h2-5H,6-7H2,1H3,(H,16,17,18). The van der Waals surface area contributed by atoms with E-state index in [1.54, 1.807) is 12.1 Å². The van der Waals surface area contributed by atoms with E-state index in [1.165, 1.54) is 31.0 Å². The molecule has 1 heterocycles. The Labute approximate surface area is 127 Å². The predicted octanol–water partition coefficient (Wildman–Crippen LogP) is 3.11. The van der Waals surface area contributed by atoms with Crippen LogP contribution in [0.15, 0.2) is 38.4 Å². The van der Waals surface area contributed by atoms with Crippen molar-refractivity contribution >= 4 is 27.7 Å². The highest BCUT2D eigenvalue weighted by atomic mass is 79.9. The Morgan fingerprint density at radius 3 is 3.00 bits per heavy atom. The van der Waals surface area contributed by atoms with E-state index < -0.39 is 0 Å². The first-order chi connectivity index (χ1) is 9.60. The quantitative estimate of drug-likeness (QED) is 0.834. The Morgan fingerprint density at radius 1 is 1.50 bits per heavy atom. The number of rotatable bonds is 5. The molecule has 1 aromatic carbocycles. The molecule has 0 bridgehead atoms. The number of methoxy groups -OCH3 is 1. The summed E-state index contributed by atoms with van der Waals surface area (Å²) in [5, 5.41) is 0. The van der Waals surface area contributed by atoms with Gasteiger partial charge in [-0.25, -0.2) is 9.37 Å². The summed E-state index contributed by atoms with van der Waals surface area (Å²) in [4.78, 5) is 19.5. The average Bonchev–Trinajstić information content (AvgIpc) is 2.42. The largest absolute Gasteiger partial charge is 0.378 e. The van der Waals surface area contributed by atoms with Crippen molar-refractivity contribution in [2.45, 2.75) is 17.3 Å². The minimum absolute atomic E-state index is 0.248. The van der Waals surface area contributed by atoms with Crippen LogP contribution in [0, 0.1) is 5.82 Å². The highest BCUT2D eigenvalue weighted by Crippen LogP contribution is 2.22. The number of ether oxygens (including phenoxy) is 1. The molecule has 2 aromatic rings. The molecule has 20 heavy (non-hydrogen) atoms. The first-order valence-corrected chi connectivity index (χ1v) is 7.53. The van der Waals surface area contributed by atoms with E-state index >= 15 is 0 Å². The zero-order valence-corrected chi connectivity index (χ0v) is 13.1. The SMILES string of the molecule is COCc1nc(CSc2cccc(F)c2)[nH]c(=O)c1Br. The highest BCUT2D eigenvalue weighted by Gasteiger charge is 2.09. The van der Waals surface area contributed by atoms with E-state index in [-0.39, 0.29) is 18.0 Å². The summed E-state index contributed by atoms with van der Waals surface area (Å²) in [5.41, 5.74) is 0.299. The molecule has 0 unspecified atom stereocenters. The Bertz CT molecular complexity index is 663. The molecule has 0 fully saturated rings. The third-order valence-electron chi connectivity index (χ3n) is 2.43. The van der Waals surface area contributed by atoms with E-state index in [0.29, 0.717) is 21.7 Å². The Balaban J connectivity index is 2.15. The van der Waals surface area contributed by atoms with E-state index in [4.69, 9.17) is 4.74 Å². The monoisotopic (exact) mass is 358 g/mol. The topological polar surface area (TPSA) is 55.0 Å². The van der Waals surface area contributed by atoms with Gasteiger partial charge in [-0.2, -0.15) is 0 Å². The van der Waals surface area contributed by atoms with Gasteiger partial charge in [0, 0.05) is 12.0 Å². The molecule has 0 radical (unpaired) electrons. The zero-order chi connectivity index (χ0) is 14.5. The minimum Gasteiger partial charge on any atom is -0.378 e. The number of thioether (sulfide) groups is 1. The van der Waals surface area contributed by atoms with Crippen molar-refractivity contribution in [3.8, 4) is 0 Å². The van der Waals surface area contributed by atoms with Crippen LogP contribution in [0.3, 0.4) is 0 Å². The average molecular weight is 359 g/mol. The molecule has 1 N–H and O–H groups in total. The Kier molecular flexibility index (Phi) is 5.33. The van der Waals surface area contributed by atoms with Gasteiger partial charge in [0.2, 0.25) is 0 Å². The van der Waals surface area contributed by atoms with E-state index in [1.807, 2.05) is 0 Å². The van der Waals surface area contributed by atoms with Crippen LogP contribution in [0.25, 0.3) is 0 Å². The highest BCUT2D eigenvalue weighted by molar-refractivity contribution is 9.10. The number of aromatic nitrogens is 2. The maximum atomic E-state index is 13.1. The fraction of sp³-hybridized carbons (Fsp3) is 0.231. The van der Waals surface area contributed by atoms with Crippen LogP contribution in [0.5, 0.6) is 0 Å². The summed E-state index contributed by atoms with van der Waals surface area (Å²) in [5.74, 6) is 0.690. The first kappa shape index (κ1) is 15.2. The lowest BCUT2D eigenvalue weighted by Crippen LogP contribution is -2.15. The molecule has 0 atom stereocenters. The van der Waals surface area contributed by atoms with E-state index in [2.05, 4.69) is 25.9 Å². The van der Waals surface area contributed by atoms with Gasteiger partial charge < -0.3 is 9.72 Å². The van der Waals surface area contributed by atoms with Crippen molar-refractivity contribution < 1.29 is 9.13 Å². The summed E-state index contributed by atoms with van der Waals surface area (Å²) in [6.45, 7) is 0.252. The summed E-state index contributed by atoms with van der Waals surface area (Å²) >= 11 is 4.58. The van der Waals surface area contributed by atoms with Crippen LogP contribution in [0.4, 0.5) is 4.39 Å². The molecule has 0 amide bonds. The van der Waals surface area contributed by atoms with Gasteiger partial charge in [0.05, 0.1) is 18.1 Å². The summed E-state index contributed by atoms with van der Waals surface area (Å²) in [6, 6.07) is 6.28. The molecule has 0 spiro atoms. The Hall–Kier alpha value is -1.18. The van der Waals surface area contributed by atoms with Crippen LogP contribution in [0.1, 0.15) is 11.5 Å².